The van der Waals surface area contributed by atoms with Crippen LogP contribution in [0.15, 0.2) is 4.99 Å². The zero-order valence-corrected chi connectivity index (χ0v) is 18.8. The van der Waals surface area contributed by atoms with Gasteiger partial charge in [-0.25, -0.2) is 4.79 Å². The highest BCUT2D eigenvalue weighted by atomic mass is 16.6. The Balaban J connectivity index is 1.84. The molecule has 28 heavy (non-hydrogen) atoms. The monoisotopic (exact) mass is 395 g/mol. The van der Waals surface area contributed by atoms with Gasteiger partial charge in [-0.2, -0.15) is 0 Å². The smallest absolute Gasteiger partial charge is 0.410 e. The molecule has 162 valence electrons. The topological polar surface area (TPSA) is 60.4 Å². The second-order valence-corrected chi connectivity index (χ2v) is 9.10. The molecule has 0 spiro atoms. The summed E-state index contributed by atoms with van der Waals surface area (Å²) in [5.74, 6) is 1.01. The van der Waals surface area contributed by atoms with Gasteiger partial charge in [0.1, 0.15) is 5.60 Å². The van der Waals surface area contributed by atoms with E-state index < -0.39 is 5.60 Å². The molecule has 1 amide bonds. The van der Waals surface area contributed by atoms with Gasteiger partial charge in [-0.05, 0) is 73.4 Å². The van der Waals surface area contributed by atoms with Crippen molar-refractivity contribution in [3.8, 4) is 0 Å². The largest absolute Gasteiger partial charge is 0.444 e. The molecule has 2 saturated heterocycles. The summed E-state index contributed by atoms with van der Waals surface area (Å²) in [6, 6.07) is 0.751. The van der Waals surface area contributed by atoms with Gasteiger partial charge in [-0.15, -0.1) is 0 Å². The number of nitrogens with one attached hydrogen (secondary N) is 1. The van der Waals surface area contributed by atoms with Crippen LogP contribution in [0.1, 0.15) is 60.3 Å². The van der Waals surface area contributed by atoms with E-state index in [1.54, 1.807) is 11.9 Å². The quantitative estimate of drug-likeness (QED) is 0.554. The number of hydrogen-bond donors (Lipinski definition) is 1. The molecule has 0 aromatic carbocycles. The van der Waals surface area contributed by atoms with Gasteiger partial charge in [-0.3, -0.25) is 9.89 Å². The fraction of sp³-hybridized carbons (Fsp3) is 0.905. The highest BCUT2D eigenvalue weighted by Crippen LogP contribution is 2.20. The third kappa shape index (κ3) is 6.83. The number of hydrogen-bond acceptors (Lipinski definition) is 4. The Bertz CT molecular complexity index is 525. The molecule has 2 aliphatic heterocycles. The molecule has 2 unspecified atom stereocenters. The lowest BCUT2D eigenvalue weighted by atomic mass is 10.2. The third-order valence-electron chi connectivity index (χ3n) is 5.61. The Morgan fingerprint density at radius 3 is 2.57 bits per heavy atom. The van der Waals surface area contributed by atoms with E-state index in [4.69, 9.17) is 9.73 Å². The molecule has 0 bridgehead atoms. The molecule has 1 N–H and O–H groups in total. The number of aliphatic imine (C=N–C) groups is 1. The molecule has 0 aliphatic carbocycles. The van der Waals surface area contributed by atoms with E-state index in [9.17, 15) is 4.79 Å². The van der Waals surface area contributed by atoms with Crippen molar-refractivity contribution in [3.05, 3.63) is 0 Å². The van der Waals surface area contributed by atoms with Crippen molar-refractivity contribution >= 4 is 12.1 Å². The Morgan fingerprint density at radius 1 is 1.29 bits per heavy atom. The summed E-state index contributed by atoms with van der Waals surface area (Å²) in [5.41, 5.74) is -0.469. The minimum atomic E-state index is -0.469. The van der Waals surface area contributed by atoms with Crippen LogP contribution in [-0.2, 0) is 4.74 Å². The van der Waals surface area contributed by atoms with E-state index in [1.807, 2.05) is 27.7 Å². The van der Waals surface area contributed by atoms with E-state index in [0.717, 1.165) is 32.0 Å². The predicted octanol–water partition coefficient (Wildman–Crippen LogP) is 2.77. The number of amides is 1. The minimum Gasteiger partial charge on any atom is -0.444 e. The Hall–Kier alpha value is -1.50. The molecule has 2 heterocycles. The van der Waals surface area contributed by atoms with Crippen molar-refractivity contribution in [1.82, 2.24) is 20.0 Å². The summed E-state index contributed by atoms with van der Waals surface area (Å²) < 4.78 is 5.45. The molecule has 2 fully saturated rings. The van der Waals surface area contributed by atoms with Gasteiger partial charge >= 0.3 is 6.09 Å². The lowest BCUT2D eigenvalue weighted by Crippen LogP contribution is -2.43. The predicted molar refractivity (Wildman–Crippen MR) is 115 cm³/mol. The highest BCUT2D eigenvalue weighted by Gasteiger charge is 2.30. The number of nitrogens with zero attached hydrogens (tertiary/aromatic N) is 4. The number of ether oxygens (including phenoxy) is 1. The van der Waals surface area contributed by atoms with E-state index >= 15 is 0 Å². The van der Waals surface area contributed by atoms with E-state index in [1.165, 1.54) is 32.4 Å². The molecule has 7 nitrogen and oxygen atoms in total. The van der Waals surface area contributed by atoms with Crippen LogP contribution >= 0.6 is 0 Å². The fourth-order valence-corrected chi connectivity index (χ4v) is 3.83. The van der Waals surface area contributed by atoms with Crippen molar-refractivity contribution in [3.63, 3.8) is 0 Å². The molecular formula is C21H41N5O2. The number of carbonyl (C=O) groups is 1. The van der Waals surface area contributed by atoms with Crippen LogP contribution < -0.4 is 5.32 Å². The zero-order chi connectivity index (χ0) is 20.7. The molecule has 2 rings (SSSR count). The first-order valence-electron chi connectivity index (χ1n) is 10.9. The van der Waals surface area contributed by atoms with Crippen LogP contribution in [0.2, 0.25) is 0 Å². The summed E-state index contributed by atoms with van der Waals surface area (Å²) in [5, 5.41) is 3.44. The van der Waals surface area contributed by atoms with Crippen LogP contribution in [0.5, 0.6) is 0 Å². The van der Waals surface area contributed by atoms with Gasteiger partial charge in [0.25, 0.3) is 0 Å². The van der Waals surface area contributed by atoms with Crippen molar-refractivity contribution in [2.75, 3.05) is 46.3 Å². The summed E-state index contributed by atoms with van der Waals surface area (Å²) >= 11 is 0. The van der Waals surface area contributed by atoms with E-state index in [2.05, 4.69) is 22.0 Å². The molecule has 0 radical (unpaired) electrons. The van der Waals surface area contributed by atoms with Crippen LogP contribution in [0, 0.1) is 0 Å². The summed E-state index contributed by atoms with van der Waals surface area (Å²) in [6.45, 7) is 16.0. The molecule has 0 aromatic heterocycles. The second kappa shape index (κ2) is 10.3. The lowest BCUT2D eigenvalue weighted by molar-refractivity contribution is 0.0231. The summed E-state index contributed by atoms with van der Waals surface area (Å²) in [6.07, 6.45) is 4.45. The molecular weight excluding hydrogens is 354 g/mol. The highest BCUT2D eigenvalue weighted by molar-refractivity contribution is 5.80. The summed E-state index contributed by atoms with van der Waals surface area (Å²) in [4.78, 5) is 23.8. The standard InChI is InChI=1S/C21H41N5O2/c1-7-22-19(26-15-11-18(16-26)25-13-8-9-14-25)23-12-10-17(2)24(6)20(27)28-21(3,4)5/h17-18H,7-16H2,1-6H3,(H,22,23). The van der Waals surface area contributed by atoms with Crippen LogP contribution in [0.3, 0.4) is 0 Å². The lowest BCUT2D eigenvalue weighted by Gasteiger charge is -2.28. The Morgan fingerprint density at radius 2 is 1.96 bits per heavy atom. The molecule has 0 aromatic rings. The molecule has 2 aliphatic rings. The van der Waals surface area contributed by atoms with Crippen LogP contribution in [-0.4, -0.2) is 90.8 Å². The molecule has 2 atom stereocenters. The maximum absolute atomic E-state index is 12.2. The van der Waals surface area contributed by atoms with Gasteiger partial charge in [-0.1, -0.05) is 0 Å². The fourth-order valence-electron chi connectivity index (χ4n) is 3.83. The third-order valence-corrected chi connectivity index (χ3v) is 5.61. The Kier molecular flexibility index (Phi) is 8.40. The van der Waals surface area contributed by atoms with E-state index in [-0.39, 0.29) is 12.1 Å². The first kappa shape index (κ1) is 22.8. The zero-order valence-electron chi connectivity index (χ0n) is 18.8. The van der Waals surface area contributed by atoms with Gasteiger partial charge in [0.2, 0.25) is 0 Å². The van der Waals surface area contributed by atoms with E-state index in [0.29, 0.717) is 12.6 Å². The van der Waals surface area contributed by atoms with Crippen LogP contribution in [0.4, 0.5) is 4.79 Å². The number of guanidine groups is 1. The Labute approximate surface area is 171 Å². The van der Waals surface area contributed by atoms with Gasteiger partial charge in [0.05, 0.1) is 0 Å². The first-order valence-corrected chi connectivity index (χ1v) is 10.9. The first-order chi connectivity index (χ1) is 13.2. The van der Waals surface area contributed by atoms with Crippen molar-refractivity contribution in [2.45, 2.75) is 78.0 Å². The maximum atomic E-state index is 12.2. The van der Waals surface area contributed by atoms with Crippen molar-refractivity contribution in [2.24, 2.45) is 4.99 Å². The SMILES string of the molecule is CCNC(=NCCC(C)N(C)C(=O)OC(C)(C)C)N1CCC(N2CCCC2)C1. The van der Waals surface area contributed by atoms with Gasteiger partial charge in [0.15, 0.2) is 5.96 Å². The molecule has 7 heteroatoms. The normalized spacial score (nSPS) is 22.4. The number of likely N-dealkylation sites (tertiary alicyclic amines) is 2. The van der Waals surface area contributed by atoms with Gasteiger partial charge in [0, 0.05) is 45.3 Å². The van der Waals surface area contributed by atoms with Gasteiger partial charge < -0.3 is 19.9 Å². The average Bonchev–Trinajstić information content (AvgIpc) is 3.29. The number of carbonyl (C=O) groups excluding carboxylic acids is 1. The van der Waals surface area contributed by atoms with Crippen LogP contribution in [0.25, 0.3) is 0 Å². The minimum absolute atomic E-state index is 0.0809. The van der Waals surface area contributed by atoms with Crippen molar-refractivity contribution < 1.29 is 9.53 Å². The maximum Gasteiger partial charge on any atom is 0.410 e. The average molecular weight is 396 g/mol. The number of rotatable bonds is 6. The van der Waals surface area contributed by atoms with Crippen molar-refractivity contribution in [1.29, 1.82) is 0 Å². The molecule has 0 saturated carbocycles. The second-order valence-electron chi connectivity index (χ2n) is 9.10. The summed E-state index contributed by atoms with van der Waals surface area (Å²) in [7, 11) is 1.80.